The summed E-state index contributed by atoms with van der Waals surface area (Å²) in [5.41, 5.74) is 11.7. The predicted molar refractivity (Wildman–Crippen MR) is 82.3 cm³/mol. The Morgan fingerprint density at radius 2 is 2.05 bits per heavy atom. The standard InChI is InChI=1S/C16H17N3O/c1-10-3-2-4-12(7-10)18-15-8-11-5-6-16(20)19-14(11)9-13(15)17/h2-4,7-9,18H,5-6,17H2,1H3,(H,19,20). The van der Waals surface area contributed by atoms with Crippen LogP contribution in [0.5, 0.6) is 0 Å². The summed E-state index contributed by atoms with van der Waals surface area (Å²) in [4.78, 5) is 11.4. The number of nitrogen functional groups attached to an aromatic ring is 1. The number of nitrogens with one attached hydrogen (secondary N) is 2. The molecule has 0 saturated heterocycles. The Morgan fingerprint density at radius 1 is 1.20 bits per heavy atom. The Balaban J connectivity index is 1.92. The first-order chi connectivity index (χ1) is 9.61. The molecule has 4 heteroatoms. The van der Waals surface area contributed by atoms with Crippen molar-refractivity contribution in [1.29, 1.82) is 0 Å². The summed E-state index contributed by atoms with van der Waals surface area (Å²) in [6, 6.07) is 12.0. The van der Waals surface area contributed by atoms with Crippen LogP contribution < -0.4 is 16.4 Å². The minimum atomic E-state index is 0.0521. The zero-order valence-corrected chi connectivity index (χ0v) is 11.4. The molecule has 1 heterocycles. The summed E-state index contributed by atoms with van der Waals surface area (Å²) >= 11 is 0. The third-order valence-electron chi connectivity index (χ3n) is 3.47. The van der Waals surface area contributed by atoms with Crippen LogP contribution in [0, 0.1) is 6.92 Å². The maximum Gasteiger partial charge on any atom is 0.224 e. The fourth-order valence-corrected chi connectivity index (χ4v) is 2.43. The number of fused-ring (bicyclic) bond motifs is 1. The number of carbonyl (C=O) groups excluding carboxylic acids is 1. The molecule has 0 aromatic heterocycles. The van der Waals surface area contributed by atoms with E-state index in [0.717, 1.165) is 29.0 Å². The molecule has 3 rings (SSSR count). The van der Waals surface area contributed by atoms with Gasteiger partial charge in [-0.25, -0.2) is 0 Å². The Hall–Kier alpha value is -2.49. The molecule has 0 bridgehead atoms. The normalized spacial score (nSPS) is 13.6. The molecule has 0 radical (unpaired) electrons. The number of anilines is 4. The first kappa shape index (κ1) is 12.5. The monoisotopic (exact) mass is 267 g/mol. The average molecular weight is 267 g/mol. The van der Waals surface area contributed by atoms with Crippen molar-refractivity contribution < 1.29 is 4.79 Å². The van der Waals surface area contributed by atoms with Gasteiger partial charge in [0.1, 0.15) is 0 Å². The molecule has 2 aromatic carbocycles. The second-order valence-electron chi connectivity index (χ2n) is 5.14. The fourth-order valence-electron chi connectivity index (χ4n) is 2.43. The van der Waals surface area contributed by atoms with Gasteiger partial charge in [-0.1, -0.05) is 12.1 Å². The van der Waals surface area contributed by atoms with Crippen molar-refractivity contribution in [2.75, 3.05) is 16.4 Å². The van der Waals surface area contributed by atoms with Crippen molar-refractivity contribution in [3.63, 3.8) is 0 Å². The summed E-state index contributed by atoms with van der Waals surface area (Å²) in [6.07, 6.45) is 1.28. The summed E-state index contributed by atoms with van der Waals surface area (Å²) in [7, 11) is 0. The molecule has 0 unspecified atom stereocenters. The molecule has 0 spiro atoms. The lowest BCUT2D eigenvalue weighted by atomic mass is 10.0. The van der Waals surface area contributed by atoms with Crippen molar-refractivity contribution in [1.82, 2.24) is 0 Å². The molecule has 0 saturated carbocycles. The molecule has 0 atom stereocenters. The van der Waals surface area contributed by atoms with E-state index in [9.17, 15) is 4.79 Å². The van der Waals surface area contributed by atoms with Crippen LogP contribution in [0.2, 0.25) is 0 Å². The van der Waals surface area contributed by atoms with Gasteiger partial charge in [0, 0.05) is 17.8 Å². The molecule has 102 valence electrons. The number of hydrogen-bond donors (Lipinski definition) is 3. The second kappa shape index (κ2) is 4.89. The quantitative estimate of drug-likeness (QED) is 0.732. The Labute approximate surface area is 118 Å². The van der Waals surface area contributed by atoms with Gasteiger partial charge in [0.15, 0.2) is 0 Å². The molecule has 1 aliphatic heterocycles. The van der Waals surface area contributed by atoms with Crippen molar-refractivity contribution in [2.45, 2.75) is 19.8 Å². The van der Waals surface area contributed by atoms with Gasteiger partial charge in [-0.2, -0.15) is 0 Å². The van der Waals surface area contributed by atoms with Gasteiger partial charge in [0.05, 0.1) is 11.4 Å². The fraction of sp³-hybridized carbons (Fsp3) is 0.188. The van der Waals surface area contributed by atoms with E-state index in [1.54, 1.807) is 0 Å². The van der Waals surface area contributed by atoms with E-state index in [4.69, 9.17) is 5.73 Å². The lowest BCUT2D eigenvalue weighted by Crippen LogP contribution is -2.19. The number of aryl methyl sites for hydroxylation is 2. The smallest absolute Gasteiger partial charge is 0.224 e. The maximum atomic E-state index is 11.4. The van der Waals surface area contributed by atoms with Crippen LogP contribution in [0.3, 0.4) is 0 Å². The molecule has 20 heavy (non-hydrogen) atoms. The van der Waals surface area contributed by atoms with Crippen LogP contribution in [0.25, 0.3) is 0 Å². The van der Waals surface area contributed by atoms with Gasteiger partial charge in [0.2, 0.25) is 5.91 Å². The molecular formula is C16H17N3O. The van der Waals surface area contributed by atoms with Gasteiger partial charge in [0.25, 0.3) is 0 Å². The molecule has 0 aliphatic carbocycles. The summed E-state index contributed by atoms with van der Waals surface area (Å²) < 4.78 is 0. The van der Waals surface area contributed by atoms with E-state index < -0.39 is 0 Å². The lowest BCUT2D eigenvalue weighted by Gasteiger charge is -2.20. The molecule has 1 amide bonds. The van der Waals surface area contributed by atoms with Gasteiger partial charge >= 0.3 is 0 Å². The zero-order chi connectivity index (χ0) is 14.1. The third-order valence-corrected chi connectivity index (χ3v) is 3.47. The highest BCUT2D eigenvalue weighted by molar-refractivity contribution is 5.95. The number of nitrogens with two attached hydrogens (primary N) is 1. The highest BCUT2D eigenvalue weighted by Crippen LogP contribution is 2.32. The second-order valence-corrected chi connectivity index (χ2v) is 5.14. The summed E-state index contributed by atoms with van der Waals surface area (Å²) in [6.45, 7) is 2.05. The number of rotatable bonds is 2. The molecule has 4 nitrogen and oxygen atoms in total. The highest BCUT2D eigenvalue weighted by Gasteiger charge is 2.16. The van der Waals surface area contributed by atoms with Crippen molar-refractivity contribution >= 4 is 28.7 Å². The molecule has 4 N–H and O–H groups in total. The number of hydrogen-bond acceptors (Lipinski definition) is 3. The van der Waals surface area contributed by atoms with Crippen LogP contribution >= 0.6 is 0 Å². The predicted octanol–water partition coefficient (Wildman–Crippen LogP) is 3.21. The summed E-state index contributed by atoms with van der Waals surface area (Å²) in [5.74, 6) is 0.0521. The van der Waals surface area contributed by atoms with Gasteiger partial charge < -0.3 is 16.4 Å². The van der Waals surface area contributed by atoms with E-state index in [1.807, 2.05) is 24.3 Å². The molecule has 2 aromatic rings. The average Bonchev–Trinajstić information content (AvgIpc) is 2.40. The van der Waals surface area contributed by atoms with Crippen LogP contribution in [0.1, 0.15) is 17.5 Å². The van der Waals surface area contributed by atoms with Crippen LogP contribution in [0.15, 0.2) is 36.4 Å². The number of amides is 1. The van der Waals surface area contributed by atoms with Crippen LogP contribution in [-0.2, 0) is 11.2 Å². The van der Waals surface area contributed by atoms with E-state index in [0.29, 0.717) is 12.1 Å². The van der Waals surface area contributed by atoms with Gasteiger partial charge in [-0.3, -0.25) is 4.79 Å². The topological polar surface area (TPSA) is 67.2 Å². The zero-order valence-electron chi connectivity index (χ0n) is 11.4. The minimum absolute atomic E-state index is 0.0521. The van der Waals surface area contributed by atoms with Crippen molar-refractivity contribution in [3.05, 3.63) is 47.5 Å². The largest absolute Gasteiger partial charge is 0.397 e. The van der Waals surface area contributed by atoms with Crippen molar-refractivity contribution in [2.24, 2.45) is 0 Å². The van der Waals surface area contributed by atoms with E-state index in [1.165, 1.54) is 5.56 Å². The minimum Gasteiger partial charge on any atom is -0.397 e. The molecular weight excluding hydrogens is 250 g/mol. The molecule has 1 aliphatic rings. The number of benzene rings is 2. The van der Waals surface area contributed by atoms with Crippen LogP contribution in [0.4, 0.5) is 22.7 Å². The summed E-state index contributed by atoms with van der Waals surface area (Å²) in [5, 5.41) is 6.19. The lowest BCUT2D eigenvalue weighted by molar-refractivity contribution is -0.116. The first-order valence-corrected chi connectivity index (χ1v) is 6.68. The van der Waals surface area contributed by atoms with E-state index >= 15 is 0 Å². The van der Waals surface area contributed by atoms with Gasteiger partial charge in [-0.05, 0) is 48.7 Å². The van der Waals surface area contributed by atoms with E-state index in [2.05, 4.69) is 29.7 Å². The SMILES string of the molecule is Cc1cccc(Nc2cc3c(cc2N)NC(=O)CC3)c1. The van der Waals surface area contributed by atoms with E-state index in [-0.39, 0.29) is 5.91 Å². The van der Waals surface area contributed by atoms with Crippen molar-refractivity contribution in [3.8, 4) is 0 Å². The first-order valence-electron chi connectivity index (χ1n) is 6.68. The Kier molecular flexibility index (Phi) is 3.06. The third kappa shape index (κ3) is 2.45. The Morgan fingerprint density at radius 3 is 2.85 bits per heavy atom. The van der Waals surface area contributed by atoms with Crippen LogP contribution in [-0.4, -0.2) is 5.91 Å². The van der Waals surface area contributed by atoms with Gasteiger partial charge in [-0.15, -0.1) is 0 Å². The number of carbonyl (C=O) groups is 1. The maximum absolute atomic E-state index is 11.4. The Bertz CT molecular complexity index is 679. The molecule has 0 fully saturated rings. The highest BCUT2D eigenvalue weighted by atomic mass is 16.1.